The van der Waals surface area contributed by atoms with E-state index in [2.05, 4.69) is 10.2 Å². The molecule has 6 heteroatoms. The van der Waals surface area contributed by atoms with E-state index < -0.39 is 5.97 Å². The summed E-state index contributed by atoms with van der Waals surface area (Å²) >= 11 is 1.14. The van der Waals surface area contributed by atoms with Crippen molar-refractivity contribution in [3.63, 3.8) is 0 Å². The minimum Gasteiger partial charge on any atom is -0.542 e. The Morgan fingerprint density at radius 1 is 1.46 bits per heavy atom. The maximum absolute atomic E-state index is 10.3. The van der Waals surface area contributed by atoms with Crippen molar-refractivity contribution in [2.75, 3.05) is 0 Å². The number of hydrogen-bond donors (Lipinski definition) is 0. The van der Waals surface area contributed by atoms with Crippen LogP contribution in [0, 0.1) is 0 Å². The zero-order chi connectivity index (χ0) is 8.55. The molecule has 0 aromatic carbocycles. The Morgan fingerprint density at radius 3 is 2.54 bits per heavy atom. The predicted octanol–water partition coefficient (Wildman–Crippen LogP) is -2.83. The van der Waals surface area contributed by atoms with Crippen molar-refractivity contribution < 1.29 is 39.5 Å². The van der Waals surface area contributed by atoms with E-state index in [1.54, 1.807) is 0 Å². The van der Waals surface area contributed by atoms with Crippen LogP contribution in [0.2, 0.25) is 0 Å². The van der Waals surface area contributed by atoms with Gasteiger partial charge in [-0.05, 0) is 12.8 Å². The van der Waals surface area contributed by atoms with Gasteiger partial charge in [-0.1, -0.05) is 17.8 Å². The third-order valence-corrected chi connectivity index (χ3v) is 3.14. The van der Waals surface area contributed by atoms with Crippen LogP contribution in [-0.4, -0.2) is 16.2 Å². The van der Waals surface area contributed by atoms with Gasteiger partial charge in [-0.3, -0.25) is 0 Å². The van der Waals surface area contributed by atoms with Crippen LogP contribution in [0.5, 0.6) is 0 Å². The van der Waals surface area contributed by atoms with Crippen LogP contribution in [0.1, 0.15) is 40.0 Å². The Bertz CT molecular complexity index is 311. The van der Waals surface area contributed by atoms with Crippen LogP contribution in [0.4, 0.5) is 0 Å². The Morgan fingerprint density at radius 2 is 2.15 bits per heavy atom. The molecule has 1 aliphatic rings. The fourth-order valence-corrected chi connectivity index (χ4v) is 1.98. The van der Waals surface area contributed by atoms with Gasteiger partial charge in [0.15, 0.2) is 5.01 Å². The predicted molar refractivity (Wildman–Crippen MR) is 40.8 cm³/mol. The van der Waals surface area contributed by atoms with Crippen molar-refractivity contribution in [2.45, 2.75) is 25.2 Å². The zero-order valence-electron chi connectivity index (χ0n) is 7.32. The first-order valence-electron chi connectivity index (χ1n) is 3.82. The fourth-order valence-electron chi connectivity index (χ4n) is 1.14. The van der Waals surface area contributed by atoms with E-state index in [-0.39, 0.29) is 34.6 Å². The molecule has 1 fully saturated rings. The quantitative estimate of drug-likeness (QED) is 0.489. The number of carboxylic acid groups (broad SMARTS) is 1. The van der Waals surface area contributed by atoms with E-state index in [1.807, 2.05) is 0 Å². The first kappa shape index (κ1) is 11.1. The number of aromatic nitrogens is 2. The first-order chi connectivity index (χ1) is 5.77. The van der Waals surface area contributed by atoms with Crippen molar-refractivity contribution >= 4 is 17.3 Å². The van der Waals surface area contributed by atoms with E-state index in [1.165, 1.54) is 6.42 Å². The molecular weight excluding hydrogens is 199 g/mol. The fraction of sp³-hybridized carbons (Fsp3) is 0.571. The van der Waals surface area contributed by atoms with Gasteiger partial charge in [-0.2, -0.15) is 0 Å². The molecule has 0 spiro atoms. The number of carboxylic acids is 1. The Hall–Kier alpha value is 0.0300. The largest absolute Gasteiger partial charge is 1.00 e. The number of carbonyl (C=O) groups excluding carboxylic acids is 1. The molecule has 0 radical (unpaired) electrons. The van der Waals surface area contributed by atoms with Gasteiger partial charge in [-0.15, -0.1) is 10.2 Å². The summed E-state index contributed by atoms with van der Waals surface area (Å²) in [7, 11) is 0. The van der Waals surface area contributed by atoms with Crippen LogP contribution < -0.4 is 34.7 Å². The molecule has 0 aliphatic heterocycles. The second kappa shape index (κ2) is 4.50. The SMILES string of the molecule is O=C([O-])c1nnc(C2CCC2)s1.[Na+]. The van der Waals surface area contributed by atoms with Gasteiger partial charge in [0.1, 0.15) is 11.0 Å². The number of carbonyl (C=O) groups is 1. The Labute approximate surface area is 102 Å². The van der Waals surface area contributed by atoms with Gasteiger partial charge < -0.3 is 9.90 Å². The standard InChI is InChI=1S/C7H8N2O2S.Na/c10-7(11)6-9-8-5(12-6)4-2-1-3-4;/h4H,1-3H2,(H,10,11);/q;+1/p-1. The molecule has 1 aromatic rings. The maximum atomic E-state index is 10.3. The molecule has 13 heavy (non-hydrogen) atoms. The summed E-state index contributed by atoms with van der Waals surface area (Å²) in [6.07, 6.45) is 3.44. The van der Waals surface area contributed by atoms with Gasteiger partial charge >= 0.3 is 29.6 Å². The van der Waals surface area contributed by atoms with E-state index in [0.717, 1.165) is 29.2 Å². The van der Waals surface area contributed by atoms with E-state index in [4.69, 9.17) is 0 Å². The molecule has 0 saturated heterocycles. The summed E-state index contributed by atoms with van der Waals surface area (Å²) in [6, 6.07) is 0. The van der Waals surface area contributed by atoms with E-state index in [9.17, 15) is 9.90 Å². The molecule has 0 N–H and O–H groups in total. The molecule has 1 aromatic heterocycles. The molecule has 1 heterocycles. The molecule has 0 amide bonds. The summed E-state index contributed by atoms with van der Waals surface area (Å²) in [5, 5.41) is 18.5. The molecule has 1 aliphatic carbocycles. The van der Waals surface area contributed by atoms with Crippen LogP contribution in [0.3, 0.4) is 0 Å². The molecular formula is C7H7N2NaO2S. The minimum absolute atomic E-state index is 0. The van der Waals surface area contributed by atoms with Gasteiger partial charge in [-0.25, -0.2) is 0 Å². The maximum Gasteiger partial charge on any atom is 1.00 e. The van der Waals surface area contributed by atoms with Gasteiger partial charge in [0.25, 0.3) is 0 Å². The molecule has 64 valence electrons. The topological polar surface area (TPSA) is 65.9 Å². The smallest absolute Gasteiger partial charge is 0.542 e. The molecule has 1 saturated carbocycles. The van der Waals surface area contributed by atoms with E-state index in [0.29, 0.717) is 5.92 Å². The van der Waals surface area contributed by atoms with Crippen molar-refractivity contribution in [3.05, 3.63) is 10.0 Å². The normalized spacial score (nSPS) is 16.0. The molecule has 0 bridgehead atoms. The number of rotatable bonds is 2. The monoisotopic (exact) mass is 206 g/mol. The zero-order valence-corrected chi connectivity index (χ0v) is 10.1. The average molecular weight is 206 g/mol. The van der Waals surface area contributed by atoms with Crippen molar-refractivity contribution in [1.82, 2.24) is 10.2 Å². The summed E-state index contributed by atoms with van der Waals surface area (Å²) < 4.78 is 0. The number of aromatic carboxylic acids is 1. The first-order valence-corrected chi connectivity index (χ1v) is 4.64. The summed E-state index contributed by atoms with van der Waals surface area (Å²) in [6.45, 7) is 0. The van der Waals surface area contributed by atoms with E-state index >= 15 is 0 Å². The summed E-state index contributed by atoms with van der Waals surface area (Å²) in [5.41, 5.74) is 0. The van der Waals surface area contributed by atoms with Gasteiger partial charge in [0.05, 0.1) is 0 Å². The minimum atomic E-state index is -1.22. The van der Waals surface area contributed by atoms with Gasteiger partial charge in [0.2, 0.25) is 0 Å². The number of nitrogens with zero attached hydrogens (tertiary/aromatic N) is 2. The third kappa shape index (κ3) is 2.28. The number of hydrogen-bond acceptors (Lipinski definition) is 5. The summed E-state index contributed by atoms with van der Waals surface area (Å²) in [4.78, 5) is 10.3. The van der Waals surface area contributed by atoms with Crippen LogP contribution >= 0.6 is 11.3 Å². The molecule has 0 atom stereocenters. The molecule has 2 rings (SSSR count). The van der Waals surface area contributed by atoms with Crippen LogP contribution in [0.25, 0.3) is 0 Å². The van der Waals surface area contributed by atoms with Crippen molar-refractivity contribution in [1.29, 1.82) is 0 Å². The van der Waals surface area contributed by atoms with Crippen molar-refractivity contribution in [3.8, 4) is 0 Å². The molecule has 4 nitrogen and oxygen atoms in total. The second-order valence-corrected chi connectivity index (χ2v) is 3.87. The Balaban J connectivity index is 0.000000845. The average Bonchev–Trinajstić information content (AvgIpc) is 2.32. The van der Waals surface area contributed by atoms with Crippen LogP contribution in [0.15, 0.2) is 0 Å². The second-order valence-electron chi connectivity index (χ2n) is 2.86. The van der Waals surface area contributed by atoms with Crippen molar-refractivity contribution in [2.24, 2.45) is 0 Å². The Kier molecular flexibility index (Phi) is 3.85. The third-order valence-electron chi connectivity index (χ3n) is 2.07. The van der Waals surface area contributed by atoms with Crippen LogP contribution in [-0.2, 0) is 0 Å². The molecule has 0 unspecified atom stereocenters. The summed E-state index contributed by atoms with van der Waals surface area (Å²) in [5.74, 6) is -0.770. The van der Waals surface area contributed by atoms with Gasteiger partial charge in [0, 0.05) is 5.92 Å².